The largest absolute Gasteiger partial charge is 0.394 e. The van der Waals surface area contributed by atoms with E-state index in [-0.39, 0.29) is 25.2 Å². The van der Waals surface area contributed by atoms with Gasteiger partial charge in [0.25, 0.3) is 5.91 Å². The number of rotatable bonds is 2. The molecule has 1 fully saturated rings. The second-order valence-electron chi connectivity index (χ2n) is 4.83. The Labute approximate surface area is 127 Å². The lowest BCUT2D eigenvalue weighted by molar-refractivity contribution is -0.134. The summed E-state index contributed by atoms with van der Waals surface area (Å²) in [5, 5.41) is 29.5. The average molecular weight is 305 g/mol. The zero-order valence-electron chi connectivity index (χ0n) is 11.6. The fraction of sp³-hybridized carbons (Fsp3) is 0.467. The van der Waals surface area contributed by atoms with E-state index in [1.165, 1.54) is 6.08 Å². The topological polar surface area (TPSA) is 116 Å². The summed E-state index contributed by atoms with van der Waals surface area (Å²) in [6, 6.07) is 0. The van der Waals surface area contributed by atoms with E-state index in [0.717, 1.165) is 0 Å². The summed E-state index contributed by atoms with van der Waals surface area (Å²) in [4.78, 5) is 23.6. The van der Waals surface area contributed by atoms with Gasteiger partial charge in [-0.3, -0.25) is 14.9 Å². The van der Waals surface area contributed by atoms with Crippen LogP contribution in [0, 0.1) is 29.6 Å². The van der Waals surface area contributed by atoms with Crippen molar-refractivity contribution >= 4 is 11.8 Å². The lowest BCUT2D eigenvalue weighted by Crippen LogP contribution is -2.44. The van der Waals surface area contributed by atoms with Crippen LogP contribution in [0.1, 0.15) is 6.42 Å². The van der Waals surface area contributed by atoms with Crippen LogP contribution in [0.15, 0.2) is 11.6 Å². The zero-order chi connectivity index (χ0) is 16.1. The van der Waals surface area contributed by atoms with Crippen molar-refractivity contribution in [3.05, 3.63) is 11.6 Å². The normalized spacial score (nSPS) is 30.6. The van der Waals surface area contributed by atoms with Crippen LogP contribution in [0.3, 0.4) is 0 Å². The third kappa shape index (κ3) is 3.53. The van der Waals surface area contributed by atoms with Crippen LogP contribution in [0.25, 0.3) is 0 Å². The first-order valence-corrected chi connectivity index (χ1v) is 6.68. The molecule has 0 bridgehead atoms. The van der Waals surface area contributed by atoms with Crippen molar-refractivity contribution in [3.63, 3.8) is 0 Å². The number of carbonyl (C=O) groups is 2. The van der Waals surface area contributed by atoms with E-state index in [2.05, 4.69) is 29.0 Å². The van der Waals surface area contributed by atoms with E-state index in [0.29, 0.717) is 0 Å². The molecular weight excluding hydrogens is 290 g/mol. The van der Waals surface area contributed by atoms with Gasteiger partial charge in [0.2, 0.25) is 5.91 Å². The highest BCUT2D eigenvalue weighted by Gasteiger charge is 2.42. The molecule has 4 unspecified atom stereocenters. The molecule has 116 valence electrons. The van der Waals surface area contributed by atoms with E-state index in [9.17, 15) is 14.7 Å². The van der Waals surface area contributed by atoms with Gasteiger partial charge in [0.05, 0.1) is 30.3 Å². The molecule has 0 aromatic carbocycles. The predicted molar refractivity (Wildman–Crippen MR) is 73.7 cm³/mol. The van der Waals surface area contributed by atoms with Crippen molar-refractivity contribution in [2.75, 3.05) is 13.2 Å². The molecule has 1 saturated heterocycles. The Morgan fingerprint density at radius 3 is 2.73 bits per heavy atom. The van der Waals surface area contributed by atoms with Crippen molar-refractivity contribution in [2.24, 2.45) is 5.92 Å². The zero-order valence-corrected chi connectivity index (χ0v) is 11.6. The SMILES string of the molecule is O=C1NC(=O)C(C2CC(O)C(CO)O2)C=C1C#CC#CCO. The molecule has 7 nitrogen and oxygen atoms in total. The molecular formula is C15H15NO6. The molecule has 4 N–H and O–H groups in total. The van der Waals surface area contributed by atoms with Gasteiger partial charge in [-0.2, -0.15) is 0 Å². The first-order chi connectivity index (χ1) is 10.6. The van der Waals surface area contributed by atoms with E-state index in [4.69, 9.17) is 14.9 Å². The molecule has 2 aliphatic rings. The molecule has 2 heterocycles. The number of nitrogens with one attached hydrogen (secondary N) is 1. The molecule has 0 spiro atoms. The van der Waals surface area contributed by atoms with Gasteiger partial charge in [-0.15, -0.1) is 0 Å². The highest BCUT2D eigenvalue weighted by atomic mass is 16.5. The Hall–Kier alpha value is -2.16. The van der Waals surface area contributed by atoms with Gasteiger partial charge in [0.15, 0.2) is 0 Å². The van der Waals surface area contributed by atoms with Gasteiger partial charge < -0.3 is 20.1 Å². The third-order valence-corrected chi connectivity index (χ3v) is 3.39. The number of hydrogen-bond donors (Lipinski definition) is 4. The summed E-state index contributed by atoms with van der Waals surface area (Å²) in [5.74, 6) is 7.64. The lowest BCUT2D eigenvalue weighted by atomic mass is 9.92. The van der Waals surface area contributed by atoms with E-state index in [1.54, 1.807) is 0 Å². The third-order valence-electron chi connectivity index (χ3n) is 3.39. The maximum atomic E-state index is 11.9. The molecule has 2 aliphatic heterocycles. The van der Waals surface area contributed by atoms with Crippen molar-refractivity contribution in [1.82, 2.24) is 5.32 Å². The van der Waals surface area contributed by atoms with Crippen molar-refractivity contribution < 1.29 is 29.6 Å². The fourth-order valence-electron chi connectivity index (χ4n) is 2.31. The average Bonchev–Trinajstić information content (AvgIpc) is 2.86. The Bertz CT molecular complexity index is 617. The number of hydrogen-bond acceptors (Lipinski definition) is 6. The highest BCUT2D eigenvalue weighted by Crippen LogP contribution is 2.28. The Morgan fingerprint density at radius 2 is 2.09 bits per heavy atom. The second-order valence-corrected chi connectivity index (χ2v) is 4.83. The number of ether oxygens (including phenoxy) is 1. The summed E-state index contributed by atoms with van der Waals surface area (Å²) in [5.41, 5.74) is 0.0716. The summed E-state index contributed by atoms with van der Waals surface area (Å²) in [7, 11) is 0. The molecule has 4 atom stereocenters. The van der Waals surface area contributed by atoms with Crippen LogP contribution in [-0.2, 0) is 14.3 Å². The van der Waals surface area contributed by atoms with Crippen LogP contribution in [-0.4, -0.2) is 58.7 Å². The maximum absolute atomic E-state index is 11.9. The van der Waals surface area contributed by atoms with Crippen molar-refractivity contribution in [2.45, 2.75) is 24.7 Å². The molecule has 0 aliphatic carbocycles. The minimum Gasteiger partial charge on any atom is -0.394 e. The molecule has 2 rings (SSSR count). The Kier molecular flexibility index (Phi) is 5.31. The van der Waals surface area contributed by atoms with Crippen LogP contribution in [0.5, 0.6) is 0 Å². The number of carbonyl (C=O) groups excluding carboxylic acids is 2. The van der Waals surface area contributed by atoms with Gasteiger partial charge in [0.1, 0.15) is 12.7 Å². The smallest absolute Gasteiger partial charge is 0.266 e. The first-order valence-electron chi connectivity index (χ1n) is 6.68. The molecule has 0 aromatic rings. The number of amides is 2. The molecule has 0 radical (unpaired) electrons. The summed E-state index contributed by atoms with van der Waals surface area (Å²) < 4.78 is 5.43. The van der Waals surface area contributed by atoms with E-state index in [1.807, 2.05) is 0 Å². The van der Waals surface area contributed by atoms with Crippen LogP contribution in [0.4, 0.5) is 0 Å². The minimum atomic E-state index is -0.862. The van der Waals surface area contributed by atoms with Crippen molar-refractivity contribution in [3.8, 4) is 23.7 Å². The number of aliphatic hydroxyl groups excluding tert-OH is 3. The molecule has 2 amide bonds. The van der Waals surface area contributed by atoms with Crippen LogP contribution in [0.2, 0.25) is 0 Å². The lowest BCUT2D eigenvalue weighted by Gasteiger charge is -2.23. The molecule has 0 aromatic heterocycles. The van der Waals surface area contributed by atoms with E-state index >= 15 is 0 Å². The van der Waals surface area contributed by atoms with Crippen molar-refractivity contribution in [1.29, 1.82) is 0 Å². The Morgan fingerprint density at radius 1 is 1.32 bits per heavy atom. The van der Waals surface area contributed by atoms with Gasteiger partial charge >= 0.3 is 0 Å². The first kappa shape index (κ1) is 16.2. The molecule has 0 saturated carbocycles. The second kappa shape index (κ2) is 7.21. The monoisotopic (exact) mass is 305 g/mol. The molecule has 7 heteroatoms. The van der Waals surface area contributed by atoms with E-state index < -0.39 is 36.0 Å². The summed E-state index contributed by atoms with van der Waals surface area (Å²) >= 11 is 0. The van der Waals surface area contributed by atoms with Gasteiger partial charge in [-0.25, -0.2) is 0 Å². The molecule has 22 heavy (non-hydrogen) atoms. The maximum Gasteiger partial charge on any atom is 0.266 e. The highest BCUT2D eigenvalue weighted by molar-refractivity contribution is 6.11. The van der Waals surface area contributed by atoms with Gasteiger partial charge in [-0.1, -0.05) is 5.92 Å². The predicted octanol–water partition coefficient (Wildman–Crippen LogP) is -2.30. The number of aliphatic hydroxyl groups is 3. The standard InChI is InChI=1S/C15H15NO6/c17-5-3-1-2-4-9-6-10(15(21)16-14(9)20)12-7-11(19)13(8-18)22-12/h6,10-13,17-19H,5,7-8H2,(H,16,20,21). The van der Waals surface area contributed by atoms with Gasteiger partial charge in [0, 0.05) is 6.42 Å². The van der Waals surface area contributed by atoms with Crippen LogP contribution >= 0.6 is 0 Å². The minimum absolute atomic E-state index is 0.0716. The Balaban J connectivity index is 2.19. The fourth-order valence-corrected chi connectivity index (χ4v) is 2.31. The summed E-state index contributed by atoms with van der Waals surface area (Å²) in [6.45, 7) is -0.685. The summed E-state index contributed by atoms with van der Waals surface area (Å²) in [6.07, 6.45) is -0.682. The van der Waals surface area contributed by atoms with Gasteiger partial charge in [-0.05, 0) is 23.8 Å². The number of imide groups is 1. The van der Waals surface area contributed by atoms with Crippen LogP contribution < -0.4 is 5.32 Å². The quantitative estimate of drug-likeness (QED) is 0.337.